The molecule has 0 saturated carbocycles. The van der Waals surface area contributed by atoms with Crippen molar-refractivity contribution in [3.05, 3.63) is 0 Å². The van der Waals surface area contributed by atoms with Gasteiger partial charge in [0.2, 0.25) is 0 Å². The fourth-order valence-corrected chi connectivity index (χ4v) is 3.61. The first kappa shape index (κ1) is 16.8. The van der Waals surface area contributed by atoms with Crippen LogP contribution < -0.4 is 0 Å². The molecule has 2 fully saturated rings. The van der Waals surface area contributed by atoms with Crippen molar-refractivity contribution in [2.75, 3.05) is 6.61 Å². The summed E-state index contributed by atoms with van der Waals surface area (Å²) in [6, 6.07) is -0.313. The summed E-state index contributed by atoms with van der Waals surface area (Å²) in [6.07, 6.45) is 0.446. The van der Waals surface area contributed by atoms with Crippen molar-refractivity contribution < 1.29 is 15.6 Å². The predicted octanol–water partition coefficient (Wildman–Crippen LogP) is 3.60. The van der Waals surface area contributed by atoms with Crippen LogP contribution in [0.3, 0.4) is 0 Å². The molecule has 2 aliphatic rings. The molecule has 10 atom stereocenters. The second-order valence-electron chi connectivity index (χ2n) is 7.41. The zero-order chi connectivity index (χ0) is 17.3. The summed E-state index contributed by atoms with van der Waals surface area (Å²) in [5.74, 6) is 1.84. The van der Waals surface area contributed by atoms with Crippen molar-refractivity contribution >= 4 is 7.85 Å². The molecule has 0 N–H and O–H groups in total. The highest BCUT2D eigenvalue weighted by Crippen LogP contribution is 2.37. The lowest BCUT2D eigenvalue weighted by atomic mass is 9.76. The SMILES string of the molecule is [2H][C@@H]1C(CO[C@@H]2OC(CC)[C@@H](C)C(C)[C@@H]2C)O[C@H]([B])[C@@H](C)C1C. The third-order valence-electron chi connectivity index (χ3n) is 6.01. The smallest absolute Gasteiger partial charge is 0.160 e. The average Bonchev–Trinajstić information content (AvgIpc) is 2.54. The highest BCUT2D eigenvalue weighted by molar-refractivity contribution is 6.11. The van der Waals surface area contributed by atoms with Crippen molar-refractivity contribution in [3.8, 4) is 0 Å². The van der Waals surface area contributed by atoms with Crippen LogP contribution in [0.15, 0.2) is 0 Å². The summed E-state index contributed by atoms with van der Waals surface area (Å²) >= 11 is 0. The maximum Gasteiger partial charge on any atom is 0.160 e. The molecule has 0 aromatic rings. The predicted molar refractivity (Wildman–Crippen MR) is 89.8 cm³/mol. The third-order valence-corrected chi connectivity index (χ3v) is 6.01. The van der Waals surface area contributed by atoms with Gasteiger partial charge in [0.25, 0.3) is 0 Å². The van der Waals surface area contributed by atoms with E-state index in [1.54, 1.807) is 0 Å². The van der Waals surface area contributed by atoms with Crippen molar-refractivity contribution in [1.82, 2.24) is 0 Å². The van der Waals surface area contributed by atoms with E-state index in [9.17, 15) is 0 Å². The fraction of sp³-hybridized carbons (Fsp3) is 1.00. The topological polar surface area (TPSA) is 27.7 Å². The molecule has 2 radical (unpaired) electrons. The quantitative estimate of drug-likeness (QED) is 0.743. The van der Waals surface area contributed by atoms with E-state index in [0.29, 0.717) is 24.4 Å². The molecule has 2 heterocycles. The first-order valence-corrected chi connectivity index (χ1v) is 8.88. The molecule has 0 aromatic heterocycles. The van der Waals surface area contributed by atoms with Gasteiger partial charge < -0.3 is 14.2 Å². The molecule has 0 aromatic carbocycles. The molecule has 0 bridgehead atoms. The normalized spacial score (nSPS) is 54.0. The van der Waals surface area contributed by atoms with E-state index in [2.05, 4.69) is 41.5 Å². The lowest BCUT2D eigenvalue weighted by Gasteiger charge is -2.44. The largest absolute Gasteiger partial charge is 0.382 e. The van der Waals surface area contributed by atoms with Crippen LogP contribution in [0.4, 0.5) is 0 Å². The Morgan fingerprint density at radius 1 is 1.05 bits per heavy atom. The average molecular weight is 309 g/mol. The number of ether oxygens (including phenoxy) is 3. The molecule has 0 aliphatic carbocycles. The first-order chi connectivity index (χ1) is 10.8. The van der Waals surface area contributed by atoms with Gasteiger partial charge in [0.15, 0.2) is 6.29 Å². The monoisotopic (exact) mass is 309 g/mol. The molecule has 2 saturated heterocycles. The molecule has 2 aliphatic heterocycles. The number of hydrogen-bond donors (Lipinski definition) is 0. The van der Waals surface area contributed by atoms with Crippen LogP contribution in [0.1, 0.15) is 55.7 Å². The number of rotatable bonds is 4. The molecule has 3 nitrogen and oxygen atoms in total. The zero-order valence-electron chi connectivity index (χ0n) is 16.0. The molecular weight excluding hydrogens is 275 g/mol. The van der Waals surface area contributed by atoms with Crippen LogP contribution in [-0.2, 0) is 14.2 Å². The minimum Gasteiger partial charge on any atom is -0.382 e. The number of hydrogen-bond acceptors (Lipinski definition) is 3. The van der Waals surface area contributed by atoms with Crippen LogP contribution in [0.5, 0.6) is 0 Å². The Kier molecular flexibility index (Phi) is 5.86. The van der Waals surface area contributed by atoms with Crippen molar-refractivity contribution in [2.45, 2.75) is 78.9 Å². The third kappa shape index (κ3) is 3.88. The van der Waals surface area contributed by atoms with Gasteiger partial charge in [-0.1, -0.05) is 41.5 Å². The standard InChI is InChI=1S/C18H33BO3/c1-7-16-13(5)12(4)14(6)18(22-16)20-9-15-8-10(2)11(3)17(19)21-15/h10-18H,7-9H2,1-6H3/t10?,11-,12?,13-,14-,15?,16?,17-,18+/m0/s1/i8D/t8-,10?,11-,12?,13-,14-,15?,16?,17-,18+. The van der Waals surface area contributed by atoms with Gasteiger partial charge in [-0.3, -0.25) is 0 Å². The van der Waals surface area contributed by atoms with E-state index in [-0.39, 0.29) is 42.7 Å². The van der Waals surface area contributed by atoms with Crippen molar-refractivity contribution in [1.29, 1.82) is 0 Å². The van der Waals surface area contributed by atoms with Gasteiger partial charge in [0.05, 0.1) is 18.8 Å². The summed E-state index contributed by atoms with van der Waals surface area (Å²) in [6.45, 7) is 13.4. The summed E-state index contributed by atoms with van der Waals surface area (Å²) in [4.78, 5) is 0. The molecule has 4 unspecified atom stereocenters. The minimum absolute atomic E-state index is 0.198. The Morgan fingerprint density at radius 3 is 2.36 bits per heavy atom. The van der Waals surface area contributed by atoms with Gasteiger partial charge in [-0.25, -0.2) is 0 Å². The summed E-state index contributed by atoms with van der Waals surface area (Å²) in [5.41, 5.74) is 0. The first-order valence-electron chi connectivity index (χ1n) is 9.45. The highest BCUT2D eigenvalue weighted by atomic mass is 16.7. The minimum atomic E-state index is -0.313. The Morgan fingerprint density at radius 2 is 1.73 bits per heavy atom. The van der Waals surface area contributed by atoms with Gasteiger partial charge in [0, 0.05) is 13.3 Å². The molecule has 0 spiro atoms. The van der Waals surface area contributed by atoms with Gasteiger partial charge in [0.1, 0.15) is 7.85 Å². The van der Waals surface area contributed by atoms with E-state index in [1.807, 2.05) is 0 Å². The Balaban J connectivity index is 1.94. The van der Waals surface area contributed by atoms with Gasteiger partial charge in [-0.05, 0) is 36.5 Å². The second-order valence-corrected chi connectivity index (χ2v) is 7.41. The van der Waals surface area contributed by atoms with Crippen LogP contribution in [-0.4, -0.2) is 39.0 Å². The van der Waals surface area contributed by atoms with Crippen molar-refractivity contribution in [2.24, 2.45) is 29.6 Å². The Labute approximate surface area is 139 Å². The van der Waals surface area contributed by atoms with Crippen LogP contribution in [0, 0.1) is 29.6 Å². The highest BCUT2D eigenvalue weighted by Gasteiger charge is 2.39. The molecule has 2 rings (SSSR count). The lowest BCUT2D eigenvalue weighted by molar-refractivity contribution is -0.259. The van der Waals surface area contributed by atoms with E-state index < -0.39 is 0 Å². The Hall–Kier alpha value is -0.0551. The van der Waals surface area contributed by atoms with E-state index in [1.165, 1.54) is 0 Å². The van der Waals surface area contributed by atoms with Crippen LogP contribution in [0.2, 0.25) is 0 Å². The maximum absolute atomic E-state index is 8.37. The maximum atomic E-state index is 8.37. The molecule has 0 amide bonds. The summed E-state index contributed by atoms with van der Waals surface area (Å²) in [5, 5.41) is 0. The van der Waals surface area contributed by atoms with E-state index >= 15 is 0 Å². The van der Waals surface area contributed by atoms with Gasteiger partial charge in [-0.15, -0.1) is 0 Å². The van der Waals surface area contributed by atoms with Crippen molar-refractivity contribution in [3.63, 3.8) is 0 Å². The van der Waals surface area contributed by atoms with Gasteiger partial charge in [-0.2, -0.15) is 0 Å². The molecular formula is C18H33BO3. The van der Waals surface area contributed by atoms with Gasteiger partial charge >= 0.3 is 0 Å². The van der Waals surface area contributed by atoms with E-state index in [4.69, 9.17) is 23.4 Å². The molecule has 4 heteroatoms. The van der Waals surface area contributed by atoms with Crippen LogP contribution >= 0.6 is 0 Å². The molecule has 22 heavy (non-hydrogen) atoms. The van der Waals surface area contributed by atoms with E-state index in [0.717, 1.165) is 6.42 Å². The Bertz CT molecular complexity index is 381. The fourth-order valence-electron chi connectivity index (χ4n) is 3.61. The molecule has 126 valence electrons. The zero-order valence-corrected chi connectivity index (χ0v) is 15.0. The summed E-state index contributed by atoms with van der Waals surface area (Å²) in [7, 11) is 6.05. The second kappa shape index (κ2) is 7.68. The summed E-state index contributed by atoms with van der Waals surface area (Å²) < 4.78 is 26.4. The lowest BCUT2D eigenvalue weighted by Crippen LogP contribution is -2.47. The van der Waals surface area contributed by atoms with Crippen LogP contribution in [0.25, 0.3) is 0 Å².